The predicted molar refractivity (Wildman–Crippen MR) is 162 cm³/mol. The summed E-state index contributed by atoms with van der Waals surface area (Å²) < 4.78 is 17.8. The molecule has 4 aromatic carbocycles. The number of benzene rings is 4. The fraction of sp³-hybridized carbons (Fsp3) is 0.189. The van der Waals surface area contributed by atoms with Crippen molar-refractivity contribution in [3.8, 4) is 39.6 Å². The summed E-state index contributed by atoms with van der Waals surface area (Å²) in [6.07, 6.45) is 6.16. The SMILES string of the molecule is [2H]C1(c2cccc(-c3ccc(-c4c(C#N)ccc5c4oc4c(-c6cccc[n+]6C)c(C)ccc45)cc3)c2)CCCC1. The average Bonchev–Trinajstić information content (AvgIpc) is 3.62. The average molecular weight is 521 g/mol. The second-order valence-electron chi connectivity index (χ2n) is 10.9. The van der Waals surface area contributed by atoms with E-state index < -0.39 is 5.89 Å². The molecule has 0 amide bonds. The first-order chi connectivity index (χ1) is 20.0. The van der Waals surface area contributed by atoms with Crippen LogP contribution in [0.15, 0.2) is 102 Å². The van der Waals surface area contributed by atoms with Gasteiger partial charge in [0.25, 0.3) is 0 Å². The third kappa shape index (κ3) is 4.00. The van der Waals surface area contributed by atoms with Crippen molar-refractivity contribution in [1.82, 2.24) is 0 Å². The van der Waals surface area contributed by atoms with E-state index in [0.29, 0.717) is 5.56 Å². The zero-order chi connectivity index (χ0) is 28.1. The minimum absolute atomic E-state index is 0.470. The molecule has 0 N–H and O–H groups in total. The van der Waals surface area contributed by atoms with Crippen LogP contribution in [0.1, 0.15) is 49.6 Å². The Labute approximate surface area is 236 Å². The van der Waals surface area contributed by atoms with Gasteiger partial charge in [-0.25, -0.2) is 4.57 Å². The number of furan rings is 1. The molecule has 1 aliphatic rings. The van der Waals surface area contributed by atoms with Crippen molar-refractivity contribution in [1.29, 1.82) is 5.26 Å². The molecule has 0 aliphatic heterocycles. The molecule has 0 bridgehead atoms. The highest BCUT2D eigenvalue weighted by molar-refractivity contribution is 6.14. The van der Waals surface area contributed by atoms with E-state index in [4.69, 9.17) is 5.79 Å². The van der Waals surface area contributed by atoms with E-state index in [1.165, 1.54) is 0 Å². The minimum atomic E-state index is -0.470. The number of nitrogens with zero attached hydrogens (tertiary/aromatic N) is 2. The van der Waals surface area contributed by atoms with E-state index >= 15 is 0 Å². The van der Waals surface area contributed by atoms with Gasteiger partial charge in [-0.05, 0) is 71.7 Å². The highest BCUT2D eigenvalue weighted by atomic mass is 16.3. The first kappa shape index (κ1) is 23.2. The Hall–Kier alpha value is -4.68. The number of hydrogen-bond donors (Lipinski definition) is 0. The number of pyridine rings is 1. The third-order valence-corrected chi connectivity index (χ3v) is 8.43. The van der Waals surface area contributed by atoms with Crippen LogP contribution in [0, 0.1) is 18.3 Å². The summed E-state index contributed by atoms with van der Waals surface area (Å²) in [7, 11) is 2.05. The quantitative estimate of drug-likeness (QED) is 0.217. The number of aryl methyl sites for hydroxylation is 2. The fourth-order valence-electron chi connectivity index (χ4n) is 6.32. The summed E-state index contributed by atoms with van der Waals surface area (Å²) in [4.78, 5) is 0. The molecular formula is C37H31N2O+. The molecule has 0 unspecified atom stereocenters. The summed E-state index contributed by atoms with van der Waals surface area (Å²) in [6.45, 7) is 2.11. The van der Waals surface area contributed by atoms with Crippen LogP contribution in [0.3, 0.4) is 0 Å². The van der Waals surface area contributed by atoms with Crippen molar-refractivity contribution in [3.63, 3.8) is 0 Å². The number of aromatic nitrogens is 1. The van der Waals surface area contributed by atoms with E-state index in [9.17, 15) is 5.26 Å². The Balaban J connectivity index is 1.37. The Bertz CT molecular complexity index is 1990. The van der Waals surface area contributed by atoms with Crippen molar-refractivity contribution in [3.05, 3.63) is 114 Å². The van der Waals surface area contributed by atoms with Gasteiger partial charge >= 0.3 is 0 Å². The van der Waals surface area contributed by atoms with Gasteiger partial charge in [-0.3, -0.25) is 0 Å². The smallest absolute Gasteiger partial charge is 0.216 e. The lowest BCUT2D eigenvalue weighted by molar-refractivity contribution is -0.660. The lowest BCUT2D eigenvalue weighted by atomic mass is 9.92. The number of rotatable bonds is 4. The fourth-order valence-corrected chi connectivity index (χ4v) is 6.32. The van der Waals surface area contributed by atoms with Crippen molar-refractivity contribution in [2.24, 2.45) is 7.05 Å². The molecule has 40 heavy (non-hydrogen) atoms. The van der Waals surface area contributed by atoms with Crippen LogP contribution in [-0.2, 0) is 7.05 Å². The van der Waals surface area contributed by atoms with E-state index in [1.54, 1.807) is 0 Å². The predicted octanol–water partition coefficient (Wildman–Crippen LogP) is 9.25. The maximum absolute atomic E-state index is 10.1. The summed E-state index contributed by atoms with van der Waals surface area (Å²) in [5.74, 6) is -0.470. The summed E-state index contributed by atoms with van der Waals surface area (Å²) >= 11 is 0. The van der Waals surface area contributed by atoms with Crippen LogP contribution in [0.2, 0.25) is 0 Å². The van der Waals surface area contributed by atoms with Gasteiger partial charge in [-0.2, -0.15) is 5.26 Å². The van der Waals surface area contributed by atoms with Gasteiger partial charge in [-0.1, -0.05) is 73.5 Å². The lowest BCUT2D eigenvalue weighted by Crippen LogP contribution is -2.30. The van der Waals surface area contributed by atoms with Gasteiger partial charge in [0.2, 0.25) is 5.69 Å². The molecule has 3 heteroatoms. The Morgan fingerprint density at radius 2 is 1.52 bits per heavy atom. The van der Waals surface area contributed by atoms with Gasteiger partial charge in [0, 0.05) is 29.8 Å². The van der Waals surface area contributed by atoms with Crippen molar-refractivity contribution in [2.45, 2.75) is 38.5 Å². The maximum atomic E-state index is 10.1. The first-order valence-electron chi connectivity index (χ1n) is 14.5. The van der Waals surface area contributed by atoms with Crippen LogP contribution < -0.4 is 4.57 Å². The highest BCUT2D eigenvalue weighted by Gasteiger charge is 2.23. The molecule has 2 heterocycles. The van der Waals surface area contributed by atoms with E-state index in [2.05, 4.69) is 84.3 Å². The summed E-state index contributed by atoms with van der Waals surface area (Å²) in [5, 5.41) is 12.1. The second-order valence-corrected chi connectivity index (χ2v) is 10.9. The van der Waals surface area contributed by atoms with Crippen LogP contribution in [0.5, 0.6) is 0 Å². The molecular weight excluding hydrogens is 488 g/mol. The number of hydrogen-bond acceptors (Lipinski definition) is 2. The Morgan fingerprint density at radius 3 is 2.27 bits per heavy atom. The molecule has 1 fully saturated rings. The highest BCUT2D eigenvalue weighted by Crippen LogP contribution is 2.42. The summed E-state index contributed by atoms with van der Waals surface area (Å²) in [6, 6.07) is 33.6. The number of nitriles is 1. The minimum Gasteiger partial charge on any atom is -0.454 e. The molecule has 7 rings (SSSR count). The largest absolute Gasteiger partial charge is 0.454 e. The lowest BCUT2D eigenvalue weighted by Gasteiger charge is -2.12. The van der Waals surface area contributed by atoms with Crippen molar-refractivity contribution >= 4 is 21.9 Å². The summed E-state index contributed by atoms with van der Waals surface area (Å²) in [5.41, 5.74) is 10.5. The van der Waals surface area contributed by atoms with Crippen LogP contribution in [0.4, 0.5) is 0 Å². The molecule has 0 radical (unpaired) electrons. The standard InChI is InChI=1S/C37H31N2O/c1-24-13-19-31-32-20-18-30(23-38)35(37(32)40-36(31)34(24)33-12-5-6-21-39(33)2)27-16-14-26(15-17-27)29-11-7-10-28(22-29)25-8-3-4-9-25/h5-7,10-22,25H,3-4,8-9H2,1-2H3/q+1/i25D. The van der Waals surface area contributed by atoms with Gasteiger partial charge in [0.15, 0.2) is 6.20 Å². The maximum Gasteiger partial charge on any atom is 0.216 e. The van der Waals surface area contributed by atoms with Gasteiger partial charge in [-0.15, -0.1) is 0 Å². The molecule has 1 aliphatic carbocycles. The third-order valence-electron chi connectivity index (χ3n) is 8.43. The number of fused-ring (bicyclic) bond motifs is 3. The van der Waals surface area contributed by atoms with E-state index in [0.717, 1.165) is 92.3 Å². The molecule has 2 aromatic heterocycles. The van der Waals surface area contributed by atoms with Crippen LogP contribution in [-0.4, -0.2) is 0 Å². The topological polar surface area (TPSA) is 40.8 Å². The van der Waals surface area contributed by atoms with Crippen LogP contribution >= 0.6 is 0 Å². The molecule has 0 spiro atoms. The van der Waals surface area contributed by atoms with Crippen LogP contribution in [0.25, 0.3) is 55.4 Å². The van der Waals surface area contributed by atoms with Gasteiger partial charge in [0.05, 0.1) is 17.2 Å². The Kier molecular flexibility index (Phi) is 5.70. The zero-order valence-corrected chi connectivity index (χ0v) is 22.9. The van der Waals surface area contributed by atoms with E-state index in [1.807, 2.05) is 37.5 Å². The first-order valence-corrected chi connectivity index (χ1v) is 14.0. The molecule has 1 saturated carbocycles. The van der Waals surface area contributed by atoms with Crippen molar-refractivity contribution < 1.29 is 10.4 Å². The second kappa shape index (κ2) is 9.81. The molecule has 194 valence electrons. The normalized spacial score (nSPS) is 14.9. The molecule has 0 saturated heterocycles. The Morgan fingerprint density at radius 1 is 0.800 bits per heavy atom. The molecule has 3 nitrogen and oxygen atoms in total. The van der Waals surface area contributed by atoms with Gasteiger partial charge < -0.3 is 4.42 Å². The molecule has 6 aromatic rings. The molecule has 0 atom stereocenters. The van der Waals surface area contributed by atoms with Crippen molar-refractivity contribution in [2.75, 3.05) is 0 Å². The zero-order valence-electron chi connectivity index (χ0n) is 23.9. The van der Waals surface area contributed by atoms with Gasteiger partial charge in [0.1, 0.15) is 18.2 Å². The van der Waals surface area contributed by atoms with E-state index in [-0.39, 0.29) is 0 Å². The monoisotopic (exact) mass is 520 g/mol.